The van der Waals surface area contributed by atoms with Crippen molar-refractivity contribution in [2.75, 3.05) is 12.0 Å². The third-order valence-corrected chi connectivity index (χ3v) is 4.14. The number of rotatable bonds is 7. The van der Waals surface area contributed by atoms with Crippen LogP contribution < -0.4 is 5.32 Å². The number of carboxylic acid groups (broad SMARTS) is 1. The Kier molecular flexibility index (Phi) is 7.16. The number of carboxylic acids is 1. The van der Waals surface area contributed by atoms with Gasteiger partial charge in [0.05, 0.1) is 5.92 Å². The van der Waals surface area contributed by atoms with Crippen molar-refractivity contribution in [3.8, 4) is 0 Å². The van der Waals surface area contributed by atoms with Crippen LogP contribution in [0.3, 0.4) is 0 Å². The van der Waals surface area contributed by atoms with Crippen molar-refractivity contribution in [3.05, 3.63) is 0 Å². The predicted molar refractivity (Wildman–Crippen MR) is 73.8 cm³/mol. The Bertz CT molecular complexity index is 275. The Morgan fingerprint density at radius 3 is 2.44 bits per heavy atom. The van der Waals surface area contributed by atoms with Gasteiger partial charge < -0.3 is 10.4 Å². The average Bonchev–Trinajstić information content (AvgIpc) is 2.35. The Labute approximate surface area is 113 Å². The fourth-order valence-corrected chi connectivity index (χ4v) is 2.81. The van der Waals surface area contributed by atoms with Crippen LogP contribution in [0, 0.1) is 5.92 Å². The van der Waals surface area contributed by atoms with Gasteiger partial charge in [-0.3, -0.25) is 9.59 Å². The molecule has 1 amide bonds. The topological polar surface area (TPSA) is 66.4 Å². The summed E-state index contributed by atoms with van der Waals surface area (Å²) in [6.45, 7) is 0. The van der Waals surface area contributed by atoms with Crippen LogP contribution in [-0.2, 0) is 9.59 Å². The molecule has 5 heteroatoms. The lowest BCUT2D eigenvalue weighted by Gasteiger charge is -2.26. The second-order valence-corrected chi connectivity index (χ2v) is 5.89. The van der Waals surface area contributed by atoms with Crippen molar-refractivity contribution in [1.29, 1.82) is 0 Å². The molecule has 1 saturated carbocycles. The monoisotopic (exact) mass is 273 g/mol. The second-order valence-electron chi connectivity index (χ2n) is 4.90. The molecule has 4 nitrogen and oxygen atoms in total. The van der Waals surface area contributed by atoms with Crippen LogP contribution in [0.2, 0.25) is 0 Å². The van der Waals surface area contributed by atoms with Crippen molar-refractivity contribution in [1.82, 2.24) is 5.32 Å². The van der Waals surface area contributed by atoms with Gasteiger partial charge in [0.25, 0.3) is 0 Å². The number of hydrogen-bond donors (Lipinski definition) is 2. The number of carbonyl (C=O) groups is 2. The SMILES string of the molecule is CSCCCCC(=O)NC1CCC(C(=O)O)CC1. The molecule has 2 N–H and O–H groups in total. The number of carbonyl (C=O) groups excluding carboxylic acids is 1. The van der Waals surface area contributed by atoms with Gasteiger partial charge in [-0.2, -0.15) is 11.8 Å². The lowest BCUT2D eigenvalue weighted by molar-refractivity contribution is -0.142. The summed E-state index contributed by atoms with van der Waals surface area (Å²) in [4.78, 5) is 22.5. The molecule has 0 radical (unpaired) electrons. The first kappa shape index (κ1) is 15.3. The molecule has 18 heavy (non-hydrogen) atoms. The minimum atomic E-state index is -0.697. The Morgan fingerprint density at radius 2 is 1.89 bits per heavy atom. The van der Waals surface area contributed by atoms with Crippen molar-refractivity contribution >= 4 is 23.6 Å². The summed E-state index contributed by atoms with van der Waals surface area (Å²) in [5.41, 5.74) is 0. The van der Waals surface area contributed by atoms with Crippen molar-refractivity contribution < 1.29 is 14.7 Å². The number of aliphatic carboxylic acids is 1. The van der Waals surface area contributed by atoms with Gasteiger partial charge in [-0.25, -0.2) is 0 Å². The Balaban J connectivity index is 2.12. The van der Waals surface area contributed by atoms with Crippen molar-refractivity contribution in [3.63, 3.8) is 0 Å². The lowest BCUT2D eigenvalue weighted by atomic mass is 9.86. The minimum Gasteiger partial charge on any atom is -0.481 e. The van der Waals surface area contributed by atoms with Gasteiger partial charge in [-0.15, -0.1) is 0 Å². The van der Waals surface area contributed by atoms with E-state index in [1.807, 2.05) is 0 Å². The van der Waals surface area contributed by atoms with E-state index in [0.717, 1.165) is 31.4 Å². The Morgan fingerprint density at radius 1 is 1.22 bits per heavy atom. The van der Waals surface area contributed by atoms with E-state index in [9.17, 15) is 9.59 Å². The molecule has 1 aliphatic carbocycles. The molecule has 0 aromatic carbocycles. The van der Waals surface area contributed by atoms with E-state index in [0.29, 0.717) is 19.3 Å². The highest BCUT2D eigenvalue weighted by Gasteiger charge is 2.26. The third kappa shape index (κ3) is 5.76. The first-order chi connectivity index (χ1) is 8.63. The van der Waals surface area contributed by atoms with E-state index < -0.39 is 5.97 Å². The van der Waals surface area contributed by atoms with Crippen LogP contribution in [0.4, 0.5) is 0 Å². The van der Waals surface area contributed by atoms with Crippen molar-refractivity contribution in [2.45, 2.75) is 51.0 Å². The smallest absolute Gasteiger partial charge is 0.306 e. The summed E-state index contributed by atoms with van der Waals surface area (Å²) in [6, 6.07) is 0.189. The molecule has 0 saturated heterocycles. The summed E-state index contributed by atoms with van der Waals surface area (Å²) in [5, 5.41) is 11.9. The van der Waals surface area contributed by atoms with Crippen LogP contribution in [0.5, 0.6) is 0 Å². The van der Waals surface area contributed by atoms with Gasteiger partial charge in [0.1, 0.15) is 0 Å². The predicted octanol–water partition coefficient (Wildman–Crippen LogP) is 2.28. The van der Waals surface area contributed by atoms with E-state index in [1.54, 1.807) is 11.8 Å². The molecule has 0 atom stereocenters. The van der Waals surface area contributed by atoms with Gasteiger partial charge >= 0.3 is 5.97 Å². The molecule has 1 fully saturated rings. The largest absolute Gasteiger partial charge is 0.481 e. The molecule has 0 aliphatic heterocycles. The lowest BCUT2D eigenvalue weighted by Crippen LogP contribution is -2.38. The zero-order valence-corrected chi connectivity index (χ0v) is 11.8. The van der Waals surface area contributed by atoms with Gasteiger partial charge in [0.15, 0.2) is 0 Å². The maximum absolute atomic E-state index is 11.7. The molecule has 1 rings (SSSR count). The van der Waals surface area contributed by atoms with Gasteiger partial charge in [-0.05, 0) is 50.5 Å². The highest BCUT2D eigenvalue weighted by atomic mass is 32.2. The summed E-state index contributed by atoms with van der Waals surface area (Å²) >= 11 is 1.80. The van der Waals surface area contributed by atoms with Crippen molar-refractivity contribution in [2.24, 2.45) is 5.92 Å². The molecule has 0 aromatic heterocycles. The maximum Gasteiger partial charge on any atom is 0.306 e. The molecule has 0 heterocycles. The summed E-state index contributed by atoms with van der Waals surface area (Å²) in [5.74, 6) is 0.322. The maximum atomic E-state index is 11.7. The van der Waals surface area contributed by atoms with Gasteiger partial charge in [-0.1, -0.05) is 0 Å². The zero-order valence-electron chi connectivity index (χ0n) is 11.0. The van der Waals surface area contributed by atoms with E-state index in [1.165, 1.54) is 0 Å². The van der Waals surface area contributed by atoms with Gasteiger partial charge in [0, 0.05) is 12.5 Å². The molecule has 0 bridgehead atoms. The first-order valence-corrected chi connectivity index (χ1v) is 8.04. The average molecular weight is 273 g/mol. The molecule has 0 aromatic rings. The zero-order chi connectivity index (χ0) is 13.4. The second kappa shape index (κ2) is 8.40. The van der Waals surface area contributed by atoms with Gasteiger partial charge in [0.2, 0.25) is 5.91 Å². The third-order valence-electron chi connectivity index (χ3n) is 3.44. The summed E-state index contributed by atoms with van der Waals surface area (Å²) in [7, 11) is 0. The molecule has 0 spiro atoms. The highest BCUT2D eigenvalue weighted by molar-refractivity contribution is 7.98. The van der Waals surface area contributed by atoms with Crippen LogP contribution in [0.25, 0.3) is 0 Å². The normalized spacial score (nSPS) is 23.6. The fourth-order valence-electron chi connectivity index (χ4n) is 2.32. The fraction of sp³-hybridized carbons (Fsp3) is 0.846. The molecular formula is C13H23NO3S. The molecular weight excluding hydrogens is 250 g/mol. The van der Waals surface area contributed by atoms with E-state index in [2.05, 4.69) is 11.6 Å². The van der Waals surface area contributed by atoms with Crippen LogP contribution in [-0.4, -0.2) is 35.0 Å². The quantitative estimate of drug-likeness (QED) is 0.698. The van der Waals surface area contributed by atoms with E-state index in [4.69, 9.17) is 5.11 Å². The standard InChI is InChI=1S/C13H23NO3S/c1-18-9-3-2-4-12(15)14-11-7-5-10(6-8-11)13(16)17/h10-11H,2-9H2,1H3,(H,14,15)(H,16,17). The molecule has 0 unspecified atom stereocenters. The highest BCUT2D eigenvalue weighted by Crippen LogP contribution is 2.24. The number of amides is 1. The van der Waals surface area contributed by atoms with Crippen LogP contribution in [0.1, 0.15) is 44.9 Å². The first-order valence-electron chi connectivity index (χ1n) is 6.64. The number of hydrogen-bond acceptors (Lipinski definition) is 3. The summed E-state index contributed by atoms with van der Waals surface area (Å²) in [6.07, 6.45) is 7.67. The van der Waals surface area contributed by atoms with Crippen LogP contribution >= 0.6 is 11.8 Å². The number of thioether (sulfide) groups is 1. The van der Waals surface area contributed by atoms with Crippen LogP contribution in [0.15, 0.2) is 0 Å². The summed E-state index contributed by atoms with van der Waals surface area (Å²) < 4.78 is 0. The minimum absolute atomic E-state index is 0.120. The van der Waals surface area contributed by atoms with E-state index >= 15 is 0 Å². The molecule has 104 valence electrons. The number of nitrogens with one attached hydrogen (secondary N) is 1. The van der Waals surface area contributed by atoms with E-state index in [-0.39, 0.29) is 17.9 Å². The molecule has 1 aliphatic rings. The number of unbranched alkanes of at least 4 members (excludes halogenated alkanes) is 1. The Hall–Kier alpha value is -0.710.